The van der Waals surface area contributed by atoms with Gasteiger partial charge in [0.2, 0.25) is 11.8 Å². The molecule has 2 amide bonds. The summed E-state index contributed by atoms with van der Waals surface area (Å²) in [5.74, 6) is -0.805. The summed E-state index contributed by atoms with van der Waals surface area (Å²) in [5.41, 5.74) is 0.888. The van der Waals surface area contributed by atoms with Gasteiger partial charge < -0.3 is 15.0 Å². The van der Waals surface area contributed by atoms with Crippen molar-refractivity contribution < 1.29 is 19.1 Å². The van der Waals surface area contributed by atoms with Crippen LogP contribution in [0.3, 0.4) is 0 Å². The summed E-state index contributed by atoms with van der Waals surface area (Å²) in [6.07, 6.45) is 5.61. The fourth-order valence-electron chi connectivity index (χ4n) is 3.19. The van der Waals surface area contributed by atoms with E-state index in [0.717, 1.165) is 31.2 Å². The predicted molar refractivity (Wildman–Crippen MR) is 103 cm³/mol. The molecule has 1 fully saturated rings. The molecule has 6 nitrogen and oxygen atoms in total. The van der Waals surface area contributed by atoms with Crippen LogP contribution in [-0.4, -0.2) is 41.8 Å². The number of nitrogens with one attached hydrogen (secondary N) is 1. The van der Waals surface area contributed by atoms with E-state index >= 15 is 0 Å². The van der Waals surface area contributed by atoms with Crippen molar-refractivity contribution in [2.45, 2.75) is 64.5 Å². The molecular formula is C21H30N2O4. The van der Waals surface area contributed by atoms with Crippen LogP contribution in [0.5, 0.6) is 0 Å². The van der Waals surface area contributed by atoms with Crippen molar-refractivity contribution in [2.24, 2.45) is 0 Å². The Morgan fingerprint density at radius 2 is 1.89 bits per heavy atom. The number of ether oxygens (including phenoxy) is 1. The fourth-order valence-corrected chi connectivity index (χ4v) is 3.19. The van der Waals surface area contributed by atoms with Crippen LogP contribution >= 0.6 is 0 Å². The summed E-state index contributed by atoms with van der Waals surface area (Å²) in [5, 5.41) is 2.74. The molecule has 1 unspecified atom stereocenters. The zero-order chi connectivity index (χ0) is 19.5. The number of hydrogen-bond donors (Lipinski definition) is 1. The summed E-state index contributed by atoms with van der Waals surface area (Å²) in [6, 6.07) is 8.61. The summed E-state index contributed by atoms with van der Waals surface area (Å²) in [4.78, 5) is 38.5. The minimum absolute atomic E-state index is 0.0535. The molecule has 27 heavy (non-hydrogen) atoms. The van der Waals surface area contributed by atoms with Crippen molar-refractivity contribution in [2.75, 3.05) is 13.1 Å². The third-order valence-corrected chi connectivity index (χ3v) is 4.75. The summed E-state index contributed by atoms with van der Waals surface area (Å²) in [7, 11) is 0. The highest BCUT2D eigenvalue weighted by Crippen LogP contribution is 2.15. The van der Waals surface area contributed by atoms with Gasteiger partial charge in [0.15, 0.2) is 0 Å². The van der Waals surface area contributed by atoms with E-state index in [1.54, 1.807) is 4.90 Å². The third kappa shape index (κ3) is 7.04. The number of rotatable bonds is 10. The molecule has 1 aromatic rings. The van der Waals surface area contributed by atoms with Gasteiger partial charge in [-0.05, 0) is 12.0 Å². The monoisotopic (exact) mass is 374 g/mol. The van der Waals surface area contributed by atoms with Gasteiger partial charge in [-0.15, -0.1) is 0 Å². The maximum Gasteiger partial charge on any atom is 0.308 e. The molecule has 1 aliphatic heterocycles. The van der Waals surface area contributed by atoms with Gasteiger partial charge in [-0.1, -0.05) is 62.9 Å². The molecule has 2 rings (SSSR count). The second-order valence-corrected chi connectivity index (χ2v) is 6.91. The van der Waals surface area contributed by atoms with Gasteiger partial charge in [0.25, 0.3) is 0 Å². The van der Waals surface area contributed by atoms with Crippen molar-refractivity contribution in [1.82, 2.24) is 10.2 Å². The van der Waals surface area contributed by atoms with E-state index in [1.165, 1.54) is 6.42 Å². The first kappa shape index (κ1) is 20.9. The van der Waals surface area contributed by atoms with E-state index in [9.17, 15) is 14.4 Å². The van der Waals surface area contributed by atoms with Gasteiger partial charge in [0, 0.05) is 19.5 Å². The molecule has 1 N–H and O–H groups in total. The maximum atomic E-state index is 12.5. The molecule has 1 aromatic carbocycles. The van der Waals surface area contributed by atoms with Crippen LogP contribution in [0, 0.1) is 0 Å². The van der Waals surface area contributed by atoms with E-state index in [1.807, 2.05) is 30.3 Å². The Morgan fingerprint density at radius 3 is 2.63 bits per heavy atom. The fraction of sp³-hybridized carbons (Fsp3) is 0.571. The molecular weight excluding hydrogens is 344 g/mol. The van der Waals surface area contributed by atoms with Crippen molar-refractivity contribution in [1.29, 1.82) is 0 Å². The molecule has 6 heteroatoms. The molecule has 1 heterocycles. The highest BCUT2D eigenvalue weighted by molar-refractivity contribution is 5.91. The lowest BCUT2D eigenvalue weighted by Gasteiger charge is -2.34. The molecule has 1 aliphatic rings. The maximum absolute atomic E-state index is 12.5. The van der Waals surface area contributed by atoms with Crippen molar-refractivity contribution in [3.8, 4) is 0 Å². The van der Waals surface area contributed by atoms with Crippen molar-refractivity contribution in [3.63, 3.8) is 0 Å². The Kier molecular flexibility index (Phi) is 8.81. The number of amides is 2. The number of unbranched alkanes of at least 4 members (excludes halogenated alkanes) is 4. The average molecular weight is 374 g/mol. The number of benzene rings is 1. The van der Waals surface area contributed by atoms with Gasteiger partial charge in [-0.3, -0.25) is 14.4 Å². The first-order chi connectivity index (χ1) is 13.1. The first-order valence-electron chi connectivity index (χ1n) is 9.88. The summed E-state index contributed by atoms with van der Waals surface area (Å²) >= 11 is 0. The number of esters is 1. The zero-order valence-corrected chi connectivity index (χ0v) is 16.1. The van der Waals surface area contributed by atoms with Gasteiger partial charge >= 0.3 is 5.97 Å². The second kappa shape index (κ2) is 11.4. The van der Waals surface area contributed by atoms with Gasteiger partial charge in [-0.2, -0.15) is 0 Å². The topological polar surface area (TPSA) is 75.7 Å². The molecule has 148 valence electrons. The molecule has 0 radical (unpaired) electrons. The van der Waals surface area contributed by atoms with Crippen LogP contribution in [0.15, 0.2) is 30.3 Å². The average Bonchev–Trinajstić information content (AvgIpc) is 2.68. The minimum Gasteiger partial charge on any atom is -0.461 e. The number of piperazine rings is 1. The van der Waals surface area contributed by atoms with Crippen LogP contribution in [0.25, 0.3) is 0 Å². The van der Waals surface area contributed by atoms with Crippen LogP contribution in [0.4, 0.5) is 0 Å². The first-order valence-corrected chi connectivity index (χ1v) is 9.88. The molecule has 0 bridgehead atoms. The molecule has 0 spiro atoms. The van der Waals surface area contributed by atoms with Crippen molar-refractivity contribution in [3.05, 3.63) is 35.9 Å². The third-order valence-electron chi connectivity index (χ3n) is 4.75. The normalized spacial score (nSPS) is 16.7. The predicted octanol–water partition coefficient (Wildman–Crippen LogP) is 2.81. The van der Waals surface area contributed by atoms with Gasteiger partial charge in [0.1, 0.15) is 12.6 Å². The van der Waals surface area contributed by atoms with E-state index in [2.05, 4.69) is 12.2 Å². The number of carbonyl (C=O) groups is 3. The van der Waals surface area contributed by atoms with Gasteiger partial charge in [0.05, 0.1) is 6.42 Å². The van der Waals surface area contributed by atoms with E-state index in [-0.39, 0.29) is 24.8 Å². The quantitative estimate of drug-likeness (QED) is 0.505. The summed E-state index contributed by atoms with van der Waals surface area (Å²) in [6.45, 7) is 3.19. The SMILES string of the molecule is CCCCCCCC(=O)N1CCNC(=O)C1CC(=O)OCc1ccccc1. The second-order valence-electron chi connectivity index (χ2n) is 6.91. The Balaban J connectivity index is 1.84. The number of carbonyl (C=O) groups excluding carboxylic acids is 3. The Morgan fingerprint density at radius 1 is 1.15 bits per heavy atom. The highest BCUT2D eigenvalue weighted by Gasteiger charge is 2.34. The lowest BCUT2D eigenvalue weighted by molar-refractivity contribution is -0.152. The van der Waals surface area contributed by atoms with Gasteiger partial charge in [-0.25, -0.2) is 0 Å². The Labute approximate surface area is 161 Å². The smallest absolute Gasteiger partial charge is 0.308 e. The van der Waals surface area contributed by atoms with E-state index in [0.29, 0.717) is 19.5 Å². The molecule has 0 aliphatic carbocycles. The van der Waals surface area contributed by atoms with E-state index < -0.39 is 12.0 Å². The molecule has 1 saturated heterocycles. The number of nitrogens with zero attached hydrogens (tertiary/aromatic N) is 1. The molecule has 1 atom stereocenters. The van der Waals surface area contributed by atoms with Crippen LogP contribution in [0.2, 0.25) is 0 Å². The standard InChI is InChI=1S/C21H30N2O4/c1-2-3-4-5-9-12-19(24)23-14-13-22-21(26)18(23)15-20(25)27-16-17-10-7-6-8-11-17/h6-8,10-11,18H,2-5,9,12-16H2,1H3,(H,22,26). The summed E-state index contributed by atoms with van der Waals surface area (Å²) < 4.78 is 5.28. The van der Waals surface area contributed by atoms with Crippen molar-refractivity contribution >= 4 is 17.8 Å². The number of hydrogen-bond acceptors (Lipinski definition) is 4. The Bertz CT molecular complexity index is 618. The Hall–Kier alpha value is -2.37. The van der Waals surface area contributed by atoms with Crippen LogP contribution in [0.1, 0.15) is 57.4 Å². The largest absolute Gasteiger partial charge is 0.461 e. The highest BCUT2D eigenvalue weighted by atomic mass is 16.5. The van der Waals surface area contributed by atoms with E-state index in [4.69, 9.17) is 4.74 Å². The van der Waals surface area contributed by atoms with Crippen LogP contribution in [-0.2, 0) is 25.7 Å². The lowest BCUT2D eigenvalue weighted by Crippen LogP contribution is -2.57. The molecule has 0 saturated carbocycles. The lowest BCUT2D eigenvalue weighted by atomic mass is 10.1. The van der Waals surface area contributed by atoms with Crippen LogP contribution < -0.4 is 5.32 Å². The zero-order valence-electron chi connectivity index (χ0n) is 16.1. The minimum atomic E-state index is -0.773. The molecule has 0 aromatic heterocycles.